The van der Waals surface area contributed by atoms with Gasteiger partial charge in [-0.3, -0.25) is 4.90 Å². The highest BCUT2D eigenvalue weighted by molar-refractivity contribution is 5.07. The van der Waals surface area contributed by atoms with Gasteiger partial charge < -0.3 is 9.84 Å². The van der Waals surface area contributed by atoms with E-state index < -0.39 is 0 Å². The van der Waals surface area contributed by atoms with Crippen LogP contribution in [-0.4, -0.2) is 49.0 Å². The zero-order chi connectivity index (χ0) is 12.3. The standard InChI is InChI=1S/C14H25NO2/c1-11-3-4-13(14(16)9-11)12(2)10-15-5-7-17-8-6-15/h11,13-14,16H,2-10H2,1H3/t11-,13+,14-/m0/s1. The second kappa shape index (κ2) is 5.98. The molecule has 3 nitrogen and oxygen atoms in total. The third-order valence-electron chi connectivity index (χ3n) is 4.13. The van der Waals surface area contributed by atoms with E-state index in [2.05, 4.69) is 18.4 Å². The van der Waals surface area contributed by atoms with Gasteiger partial charge in [0.1, 0.15) is 0 Å². The van der Waals surface area contributed by atoms with Crippen LogP contribution in [0, 0.1) is 11.8 Å². The van der Waals surface area contributed by atoms with Crippen LogP contribution in [0.25, 0.3) is 0 Å². The average Bonchev–Trinajstić information content (AvgIpc) is 2.30. The van der Waals surface area contributed by atoms with Crippen molar-refractivity contribution in [3.63, 3.8) is 0 Å². The summed E-state index contributed by atoms with van der Waals surface area (Å²) in [6.45, 7) is 11.0. The smallest absolute Gasteiger partial charge is 0.0608 e. The molecule has 0 aromatic carbocycles. The summed E-state index contributed by atoms with van der Waals surface area (Å²) in [5.41, 5.74) is 1.21. The monoisotopic (exact) mass is 239 g/mol. The molecule has 2 aliphatic rings. The van der Waals surface area contributed by atoms with E-state index in [0.717, 1.165) is 45.7 Å². The number of morpholine rings is 1. The molecule has 0 radical (unpaired) electrons. The Kier molecular flexibility index (Phi) is 4.60. The van der Waals surface area contributed by atoms with Gasteiger partial charge in [0.15, 0.2) is 0 Å². The molecular weight excluding hydrogens is 214 g/mol. The van der Waals surface area contributed by atoms with Crippen LogP contribution in [0.4, 0.5) is 0 Å². The van der Waals surface area contributed by atoms with E-state index in [1.165, 1.54) is 12.0 Å². The van der Waals surface area contributed by atoms with E-state index in [1.807, 2.05) is 0 Å². The Bertz CT molecular complexity index is 261. The van der Waals surface area contributed by atoms with Crippen molar-refractivity contribution >= 4 is 0 Å². The maximum atomic E-state index is 10.1. The Morgan fingerprint density at radius 2 is 2.06 bits per heavy atom. The van der Waals surface area contributed by atoms with Crippen molar-refractivity contribution in [3.05, 3.63) is 12.2 Å². The third-order valence-corrected chi connectivity index (χ3v) is 4.13. The lowest BCUT2D eigenvalue weighted by atomic mass is 9.77. The molecule has 2 fully saturated rings. The van der Waals surface area contributed by atoms with Crippen LogP contribution in [0.5, 0.6) is 0 Å². The molecule has 1 heterocycles. The van der Waals surface area contributed by atoms with Crippen molar-refractivity contribution in [1.29, 1.82) is 0 Å². The van der Waals surface area contributed by atoms with Gasteiger partial charge in [-0.2, -0.15) is 0 Å². The molecule has 0 aromatic rings. The van der Waals surface area contributed by atoms with Gasteiger partial charge in [0, 0.05) is 25.6 Å². The van der Waals surface area contributed by atoms with Crippen molar-refractivity contribution in [2.75, 3.05) is 32.8 Å². The van der Waals surface area contributed by atoms with Gasteiger partial charge in [0.25, 0.3) is 0 Å². The number of nitrogens with zero attached hydrogens (tertiary/aromatic N) is 1. The van der Waals surface area contributed by atoms with Crippen molar-refractivity contribution in [2.24, 2.45) is 11.8 Å². The first-order valence-electron chi connectivity index (χ1n) is 6.82. The molecule has 98 valence electrons. The van der Waals surface area contributed by atoms with E-state index in [-0.39, 0.29) is 6.10 Å². The van der Waals surface area contributed by atoms with Crippen LogP contribution >= 0.6 is 0 Å². The molecule has 1 N–H and O–H groups in total. The largest absolute Gasteiger partial charge is 0.392 e. The molecule has 1 saturated heterocycles. The molecule has 3 atom stereocenters. The fourth-order valence-corrected chi connectivity index (χ4v) is 2.99. The van der Waals surface area contributed by atoms with E-state index in [9.17, 15) is 5.11 Å². The fraction of sp³-hybridized carbons (Fsp3) is 0.857. The first-order chi connectivity index (χ1) is 8.16. The van der Waals surface area contributed by atoms with Crippen LogP contribution in [0.15, 0.2) is 12.2 Å². The van der Waals surface area contributed by atoms with Crippen LogP contribution < -0.4 is 0 Å². The third kappa shape index (κ3) is 3.54. The lowest BCUT2D eigenvalue weighted by Gasteiger charge is -2.35. The van der Waals surface area contributed by atoms with Crippen molar-refractivity contribution in [1.82, 2.24) is 4.90 Å². The van der Waals surface area contributed by atoms with E-state index in [4.69, 9.17) is 4.74 Å². The van der Waals surface area contributed by atoms with E-state index >= 15 is 0 Å². The average molecular weight is 239 g/mol. The Morgan fingerprint density at radius 3 is 2.71 bits per heavy atom. The summed E-state index contributed by atoms with van der Waals surface area (Å²) in [4.78, 5) is 2.39. The predicted octanol–water partition coefficient (Wildman–Crippen LogP) is 1.67. The molecule has 3 heteroatoms. The molecule has 1 saturated carbocycles. The summed E-state index contributed by atoms with van der Waals surface area (Å²) in [6, 6.07) is 0. The Hall–Kier alpha value is -0.380. The summed E-state index contributed by atoms with van der Waals surface area (Å²) in [6.07, 6.45) is 3.09. The second-order valence-electron chi connectivity index (χ2n) is 5.64. The molecule has 0 spiro atoms. The summed E-state index contributed by atoms with van der Waals surface area (Å²) in [5.74, 6) is 0.978. The lowest BCUT2D eigenvalue weighted by Crippen LogP contribution is -2.40. The predicted molar refractivity (Wildman–Crippen MR) is 68.9 cm³/mol. The van der Waals surface area contributed by atoms with Gasteiger partial charge in [0.2, 0.25) is 0 Å². The number of ether oxygens (including phenoxy) is 1. The Balaban J connectivity index is 1.82. The topological polar surface area (TPSA) is 32.7 Å². The molecule has 2 rings (SSSR count). The number of hydrogen-bond donors (Lipinski definition) is 1. The molecule has 0 bridgehead atoms. The molecule has 17 heavy (non-hydrogen) atoms. The zero-order valence-corrected chi connectivity index (χ0v) is 10.9. The Morgan fingerprint density at radius 1 is 1.35 bits per heavy atom. The van der Waals surface area contributed by atoms with Crippen LogP contribution in [-0.2, 0) is 4.74 Å². The van der Waals surface area contributed by atoms with Crippen molar-refractivity contribution in [3.8, 4) is 0 Å². The fourth-order valence-electron chi connectivity index (χ4n) is 2.99. The van der Waals surface area contributed by atoms with Crippen LogP contribution in [0.3, 0.4) is 0 Å². The molecule has 1 aliphatic carbocycles. The highest BCUT2D eigenvalue weighted by Crippen LogP contribution is 2.33. The summed E-state index contributed by atoms with van der Waals surface area (Å²) in [5, 5.41) is 10.1. The SMILES string of the molecule is C=C(CN1CCOCC1)[C@H]1CC[C@H](C)C[C@@H]1O. The first-order valence-corrected chi connectivity index (χ1v) is 6.82. The number of aliphatic hydroxyl groups excluding tert-OH is 1. The Labute approximate surface area is 104 Å². The van der Waals surface area contributed by atoms with Gasteiger partial charge in [-0.1, -0.05) is 19.1 Å². The van der Waals surface area contributed by atoms with Crippen LogP contribution in [0.1, 0.15) is 26.2 Å². The maximum Gasteiger partial charge on any atom is 0.0608 e. The summed E-state index contributed by atoms with van der Waals surface area (Å²) < 4.78 is 5.34. The molecule has 1 aliphatic heterocycles. The highest BCUT2D eigenvalue weighted by Gasteiger charge is 2.29. The first kappa shape index (κ1) is 13.1. The van der Waals surface area contributed by atoms with Gasteiger partial charge in [-0.05, 0) is 25.2 Å². The number of aliphatic hydroxyl groups is 1. The zero-order valence-electron chi connectivity index (χ0n) is 10.9. The lowest BCUT2D eigenvalue weighted by molar-refractivity contribution is 0.0334. The van der Waals surface area contributed by atoms with Crippen molar-refractivity contribution in [2.45, 2.75) is 32.3 Å². The normalized spacial score (nSPS) is 35.8. The summed E-state index contributed by atoms with van der Waals surface area (Å²) >= 11 is 0. The minimum absolute atomic E-state index is 0.174. The molecule has 0 aromatic heterocycles. The van der Waals surface area contributed by atoms with Gasteiger partial charge in [0.05, 0.1) is 19.3 Å². The number of rotatable bonds is 3. The molecular formula is C14H25NO2. The van der Waals surface area contributed by atoms with Gasteiger partial charge in [-0.15, -0.1) is 0 Å². The number of hydrogen-bond acceptors (Lipinski definition) is 3. The van der Waals surface area contributed by atoms with E-state index in [1.54, 1.807) is 0 Å². The molecule has 0 unspecified atom stereocenters. The minimum atomic E-state index is -0.174. The van der Waals surface area contributed by atoms with E-state index in [0.29, 0.717) is 11.8 Å². The maximum absolute atomic E-state index is 10.1. The van der Waals surface area contributed by atoms with Crippen molar-refractivity contribution < 1.29 is 9.84 Å². The second-order valence-corrected chi connectivity index (χ2v) is 5.64. The van der Waals surface area contributed by atoms with Gasteiger partial charge in [-0.25, -0.2) is 0 Å². The van der Waals surface area contributed by atoms with Crippen LogP contribution in [0.2, 0.25) is 0 Å². The minimum Gasteiger partial charge on any atom is -0.392 e. The quantitative estimate of drug-likeness (QED) is 0.761. The highest BCUT2D eigenvalue weighted by atomic mass is 16.5. The molecule has 0 amide bonds. The van der Waals surface area contributed by atoms with Gasteiger partial charge >= 0.3 is 0 Å². The summed E-state index contributed by atoms with van der Waals surface area (Å²) in [7, 11) is 0.